The first-order valence-corrected chi connectivity index (χ1v) is 9.48. The molecular weight excluding hydrogens is 342 g/mol. The molecule has 1 saturated heterocycles. The van der Waals surface area contributed by atoms with Crippen molar-refractivity contribution in [1.82, 2.24) is 25.0 Å². The Hall–Kier alpha value is -2.25. The Labute approximate surface area is 160 Å². The third-order valence-corrected chi connectivity index (χ3v) is 5.52. The van der Waals surface area contributed by atoms with Crippen LogP contribution in [0.25, 0.3) is 0 Å². The van der Waals surface area contributed by atoms with Crippen molar-refractivity contribution in [2.24, 2.45) is 0 Å². The van der Waals surface area contributed by atoms with Crippen LogP contribution in [0.3, 0.4) is 0 Å². The molecule has 1 N–H and O–H groups in total. The van der Waals surface area contributed by atoms with E-state index in [0.717, 1.165) is 37.3 Å². The molecule has 3 rings (SSSR count). The number of likely N-dealkylation sites (tertiary alicyclic amines) is 1. The molecule has 0 aliphatic carbocycles. The molecule has 0 bridgehead atoms. The van der Waals surface area contributed by atoms with E-state index in [0.29, 0.717) is 13.2 Å². The van der Waals surface area contributed by atoms with E-state index in [1.807, 2.05) is 29.7 Å². The molecule has 27 heavy (non-hydrogen) atoms. The number of ether oxygens (including phenoxy) is 1. The minimum atomic E-state index is -0.501. The van der Waals surface area contributed by atoms with Crippen LogP contribution in [0.15, 0.2) is 36.7 Å². The standard InChI is InChI=1S/C20H29N5O2/c1-16(18-23-21-15-25(18)13-14-27-3)22-19(26)20(9-11-24(2)12-10-20)17-7-5-4-6-8-17/h4-8,15-16H,9-14H2,1-3H3,(H,22,26)/t16-/m0/s1. The maximum atomic E-state index is 13.4. The second kappa shape index (κ2) is 8.63. The van der Waals surface area contributed by atoms with Crippen LogP contribution < -0.4 is 5.32 Å². The zero-order valence-electron chi connectivity index (χ0n) is 16.4. The maximum Gasteiger partial charge on any atom is 0.231 e. The number of carbonyl (C=O) groups is 1. The van der Waals surface area contributed by atoms with Crippen molar-refractivity contribution in [1.29, 1.82) is 0 Å². The fourth-order valence-electron chi connectivity index (χ4n) is 3.76. The quantitative estimate of drug-likeness (QED) is 0.803. The lowest BCUT2D eigenvalue weighted by atomic mass is 9.72. The second-order valence-electron chi connectivity index (χ2n) is 7.32. The molecular formula is C20H29N5O2. The van der Waals surface area contributed by atoms with Crippen LogP contribution in [-0.2, 0) is 21.5 Å². The summed E-state index contributed by atoms with van der Waals surface area (Å²) in [7, 11) is 3.77. The normalized spacial score (nSPS) is 18.2. The van der Waals surface area contributed by atoms with Crippen molar-refractivity contribution >= 4 is 5.91 Å². The number of carbonyl (C=O) groups excluding carboxylic acids is 1. The van der Waals surface area contributed by atoms with Gasteiger partial charge in [-0.25, -0.2) is 0 Å². The Balaban J connectivity index is 1.80. The molecule has 1 aromatic heterocycles. The van der Waals surface area contributed by atoms with E-state index < -0.39 is 5.41 Å². The lowest BCUT2D eigenvalue weighted by molar-refractivity contribution is -0.129. The molecule has 0 saturated carbocycles. The van der Waals surface area contributed by atoms with Crippen molar-refractivity contribution in [3.8, 4) is 0 Å². The number of amides is 1. The maximum absolute atomic E-state index is 13.4. The van der Waals surface area contributed by atoms with E-state index >= 15 is 0 Å². The molecule has 1 fully saturated rings. The number of benzene rings is 1. The molecule has 1 aliphatic rings. The van der Waals surface area contributed by atoms with Crippen LogP contribution in [0.1, 0.15) is 37.2 Å². The van der Waals surface area contributed by atoms with Crippen LogP contribution in [0.2, 0.25) is 0 Å². The lowest BCUT2D eigenvalue weighted by Crippen LogP contribution is -2.51. The first-order valence-electron chi connectivity index (χ1n) is 9.48. The smallest absolute Gasteiger partial charge is 0.231 e. The van der Waals surface area contributed by atoms with Crippen LogP contribution in [-0.4, -0.2) is 59.4 Å². The summed E-state index contributed by atoms with van der Waals surface area (Å²) in [6.07, 6.45) is 3.30. The summed E-state index contributed by atoms with van der Waals surface area (Å²) < 4.78 is 7.07. The lowest BCUT2D eigenvalue weighted by Gasteiger charge is -2.40. The van der Waals surface area contributed by atoms with Crippen molar-refractivity contribution in [2.75, 3.05) is 33.9 Å². The van der Waals surface area contributed by atoms with Gasteiger partial charge in [0, 0.05) is 13.7 Å². The predicted octanol–water partition coefficient (Wildman–Crippen LogP) is 1.77. The van der Waals surface area contributed by atoms with Gasteiger partial charge in [0.1, 0.15) is 6.33 Å². The van der Waals surface area contributed by atoms with Gasteiger partial charge < -0.3 is 19.5 Å². The van der Waals surface area contributed by atoms with Gasteiger partial charge in [-0.1, -0.05) is 30.3 Å². The minimum absolute atomic E-state index is 0.0654. The summed E-state index contributed by atoms with van der Waals surface area (Å²) in [6.45, 7) is 5.00. The van der Waals surface area contributed by atoms with Gasteiger partial charge in [0.15, 0.2) is 5.82 Å². The Bertz CT molecular complexity index is 738. The van der Waals surface area contributed by atoms with Crippen LogP contribution in [0.4, 0.5) is 0 Å². The van der Waals surface area contributed by atoms with E-state index in [-0.39, 0.29) is 11.9 Å². The van der Waals surface area contributed by atoms with Crippen molar-refractivity contribution < 1.29 is 9.53 Å². The molecule has 0 unspecified atom stereocenters. The summed E-state index contributed by atoms with van der Waals surface area (Å²) in [6, 6.07) is 9.91. The van der Waals surface area contributed by atoms with Gasteiger partial charge in [-0.3, -0.25) is 4.79 Å². The molecule has 2 heterocycles. The minimum Gasteiger partial charge on any atom is -0.383 e. The summed E-state index contributed by atoms with van der Waals surface area (Å²) >= 11 is 0. The molecule has 1 atom stereocenters. The average molecular weight is 371 g/mol. The molecule has 7 nitrogen and oxygen atoms in total. The number of hydrogen-bond donors (Lipinski definition) is 1. The molecule has 7 heteroatoms. The van der Waals surface area contributed by atoms with Crippen LogP contribution in [0.5, 0.6) is 0 Å². The highest BCUT2D eigenvalue weighted by molar-refractivity contribution is 5.88. The van der Waals surface area contributed by atoms with Crippen LogP contribution in [0, 0.1) is 0 Å². The topological polar surface area (TPSA) is 72.3 Å². The zero-order valence-corrected chi connectivity index (χ0v) is 16.4. The first kappa shape index (κ1) is 19.5. The van der Waals surface area contributed by atoms with E-state index in [4.69, 9.17) is 4.74 Å². The summed E-state index contributed by atoms with van der Waals surface area (Å²) in [4.78, 5) is 15.7. The number of piperidine rings is 1. The molecule has 1 aromatic carbocycles. The van der Waals surface area contributed by atoms with Crippen molar-refractivity contribution in [2.45, 2.75) is 37.8 Å². The predicted molar refractivity (Wildman–Crippen MR) is 103 cm³/mol. The van der Waals surface area contributed by atoms with Gasteiger partial charge >= 0.3 is 0 Å². The highest BCUT2D eigenvalue weighted by Crippen LogP contribution is 2.36. The van der Waals surface area contributed by atoms with E-state index in [1.165, 1.54) is 0 Å². The molecule has 2 aromatic rings. The number of rotatable bonds is 7. The fraction of sp³-hybridized carbons (Fsp3) is 0.550. The van der Waals surface area contributed by atoms with Crippen molar-refractivity contribution in [3.63, 3.8) is 0 Å². The molecule has 1 aliphatic heterocycles. The third kappa shape index (κ3) is 4.20. The largest absolute Gasteiger partial charge is 0.383 e. The van der Waals surface area contributed by atoms with Gasteiger partial charge in [-0.15, -0.1) is 10.2 Å². The number of nitrogens with one attached hydrogen (secondary N) is 1. The van der Waals surface area contributed by atoms with E-state index in [1.54, 1.807) is 13.4 Å². The van der Waals surface area contributed by atoms with Gasteiger partial charge in [0.2, 0.25) is 5.91 Å². The molecule has 1 amide bonds. The fourth-order valence-corrected chi connectivity index (χ4v) is 3.76. The summed E-state index contributed by atoms with van der Waals surface area (Å²) in [5.41, 5.74) is 0.586. The molecule has 146 valence electrons. The third-order valence-electron chi connectivity index (χ3n) is 5.52. The van der Waals surface area contributed by atoms with Gasteiger partial charge in [-0.05, 0) is 45.5 Å². The van der Waals surface area contributed by atoms with E-state index in [9.17, 15) is 4.79 Å². The second-order valence-corrected chi connectivity index (χ2v) is 7.32. The Morgan fingerprint density at radius 3 is 2.67 bits per heavy atom. The number of methoxy groups -OCH3 is 1. The Morgan fingerprint density at radius 2 is 2.00 bits per heavy atom. The monoisotopic (exact) mass is 371 g/mol. The Kier molecular flexibility index (Phi) is 6.23. The average Bonchev–Trinajstić information content (AvgIpc) is 3.16. The summed E-state index contributed by atoms with van der Waals surface area (Å²) in [5.74, 6) is 0.812. The van der Waals surface area contributed by atoms with Crippen molar-refractivity contribution in [3.05, 3.63) is 48.0 Å². The number of aromatic nitrogens is 3. The number of nitrogens with zero attached hydrogens (tertiary/aromatic N) is 4. The number of hydrogen-bond acceptors (Lipinski definition) is 5. The van der Waals surface area contributed by atoms with E-state index in [2.05, 4.69) is 39.6 Å². The van der Waals surface area contributed by atoms with Crippen LogP contribution >= 0.6 is 0 Å². The van der Waals surface area contributed by atoms with Gasteiger partial charge in [-0.2, -0.15) is 0 Å². The first-order chi connectivity index (χ1) is 13.1. The summed E-state index contributed by atoms with van der Waals surface area (Å²) in [5, 5.41) is 11.4. The molecule has 0 spiro atoms. The zero-order chi connectivity index (χ0) is 19.3. The SMILES string of the molecule is COCCn1cnnc1[C@H](C)NC(=O)C1(c2ccccc2)CCN(C)CC1. The molecule has 0 radical (unpaired) electrons. The van der Waals surface area contributed by atoms with Gasteiger partial charge in [0.05, 0.1) is 18.1 Å². The Morgan fingerprint density at radius 1 is 1.30 bits per heavy atom. The highest BCUT2D eigenvalue weighted by Gasteiger charge is 2.42. The highest BCUT2D eigenvalue weighted by atomic mass is 16.5. The van der Waals surface area contributed by atoms with Gasteiger partial charge in [0.25, 0.3) is 0 Å².